The zero-order valence-electron chi connectivity index (χ0n) is 14.0. The van der Waals surface area contributed by atoms with Crippen molar-refractivity contribution >= 4 is 16.7 Å². The van der Waals surface area contributed by atoms with E-state index < -0.39 is 0 Å². The highest BCUT2D eigenvalue weighted by Crippen LogP contribution is 2.31. The third-order valence-corrected chi connectivity index (χ3v) is 4.58. The summed E-state index contributed by atoms with van der Waals surface area (Å²) in [5, 5.41) is 4.18. The molecular formula is C20H21FN2O2. The first-order valence-corrected chi connectivity index (χ1v) is 8.57. The Labute approximate surface area is 146 Å². The van der Waals surface area contributed by atoms with Crippen LogP contribution in [0.5, 0.6) is 0 Å². The average Bonchev–Trinajstić information content (AvgIpc) is 3.11. The van der Waals surface area contributed by atoms with Crippen LogP contribution in [0.1, 0.15) is 5.56 Å². The molecule has 0 bridgehead atoms. The van der Waals surface area contributed by atoms with Gasteiger partial charge in [-0.05, 0) is 17.7 Å². The average molecular weight is 340 g/mol. The Morgan fingerprint density at radius 1 is 1.20 bits per heavy atom. The second-order valence-electron chi connectivity index (χ2n) is 6.32. The molecule has 4 rings (SSSR count). The SMILES string of the molecule is Fc1cc(N2CCNC[C@H]2COCc2ccccc2)c2occc2c1. The molecule has 1 fully saturated rings. The van der Waals surface area contributed by atoms with E-state index in [-0.39, 0.29) is 11.9 Å². The fourth-order valence-electron chi connectivity index (χ4n) is 3.35. The van der Waals surface area contributed by atoms with Gasteiger partial charge in [-0.3, -0.25) is 0 Å². The summed E-state index contributed by atoms with van der Waals surface area (Å²) in [7, 11) is 0. The molecule has 5 heteroatoms. The maximum absolute atomic E-state index is 14.0. The van der Waals surface area contributed by atoms with Crippen molar-refractivity contribution in [1.29, 1.82) is 0 Å². The van der Waals surface area contributed by atoms with Crippen LogP contribution in [0.15, 0.2) is 59.2 Å². The topological polar surface area (TPSA) is 37.6 Å². The Hall–Kier alpha value is -2.37. The van der Waals surface area contributed by atoms with Gasteiger partial charge in [-0.1, -0.05) is 30.3 Å². The quantitative estimate of drug-likeness (QED) is 0.771. The number of nitrogens with zero attached hydrogens (tertiary/aromatic N) is 1. The van der Waals surface area contributed by atoms with Crippen LogP contribution in [-0.2, 0) is 11.3 Å². The highest BCUT2D eigenvalue weighted by molar-refractivity contribution is 5.89. The van der Waals surface area contributed by atoms with Crippen molar-refractivity contribution in [1.82, 2.24) is 5.32 Å². The molecule has 4 nitrogen and oxygen atoms in total. The molecular weight excluding hydrogens is 319 g/mol. The summed E-state index contributed by atoms with van der Waals surface area (Å²) >= 11 is 0. The maximum atomic E-state index is 14.0. The monoisotopic (exact) mass is 340 g/mol. The minimum absolute atomic E-state index is 0.132. The van der Waals surface area contributed by atoms with Gasteiger partial charge in [-0.15, -0.1) is 0 Å². The summed E-state index contributed by atoms with van der Waals surface area (Å²) in [6.07, 6.45) is 1.61. The molecule has 0 aliphatic carbocycles. The Kier molecular flexibility index (Phi) is 4.68. The molecule has 1 aliphatic rings. The Bertz CT molecular complexity index is 834. The van der Waals surface area contributed by atoms with Gasteiger partial charge in [0.15, 0.2) is 5.58 Å². The van der Waals surface area contributed by atoms with Crippen molar-refractivity contribution in [3.05, 3.63) is 66.2 Å². The van der Waals surface area contributed by atoms with E-state index in [0.29, 0.717) is 13.2 Å². The zero-order chi connectivity index (χ0) is 17.1. The summed E-state index contributed by atoms with van der Waals surface area (Å²) in [6, 6.07) is 15.1. The summed E-state index contributed by atoms with van der Waals surface area (Å²) < 4.78 is 25.6. The molecule has 0 unspecified atom stereocenters. The number of piperazine rings is 1. The van der Waals surface area contributed by atoms with Crippen LogP contribution in [0.25, 0.3) is 11.0 Å². The summed E-state index contributed by atoms with van der Waals surface area (Å²) in [5.41, 5.74) is 2.68. The zero-order valence-corrected chi connectivity index (χ0v) is 14.0. The summed E-state index contributed by atoms with van der Waals surface area (Å²) in [5.74, 6) is -0.244. The Balaban J connectivity index is 1.51. The number of nitrogens with one attached hydrogen (secondary N) is 1. The van der Waals surface area contributed by atoms with Gasteiger partial charge in [0.1, 0.15) is 5.82 Å². The van der Waals surface area contributed by atoms with Crippen molar-refractivity contribution in [2.45, 2.75) is 12.6 Å². The first kappa shape index (κ1) is 16.1. The van der Waals surface area contributed by atoms with E-state index >= 15 is 0 Å². The van der Waals surface area contributed by atoms with Crippen LogP contribution in [0.3, 0.4) is 0 Å². The predicted octanol–water partition coefficient (Wildman–Crippen LogP) is 3.57. The van der Waals surface area contributed by atoms with Gasteiger partial charge in [-0.2, -0.15) is 0 Å². The standard InChI is InChI=1S/C20H21FN2O2/c21-17-10-16-6-9-25-20(16)19(11-17)23-8-7-22-12-18(23)14-24-13-15-4-2-1-3-5-15/h1-6,9-11,18,22H,7-8,12-14H2/t18-/m0/s1. The highest BCUT2D eigenvalue weighted by atomic mass is 19.1. The van der Waals surface area contributed by atoms with E-state index in [1.807, 2.05) is 18.2 Å². The number of hydrogen-bond donors (Lipinski definition) is 1. The molecule has 2 aromatic carbocycles. The van der Waals surface area contributed by atoms with Crippen molar-refractivity contribution in [2.75, 3.05) is 31.1 Å². The largest absolute Gasteiger partial charge is 0.462 e. The van der Waals surface area contributed by atoms with Crippen molar-refractivity contribution in [3.63, 3.8) is 0 Å². The van der Waals surface area contributed by atoms with Crippen LogP contribution in [-0.4, -0.2) is 32.3 Å². The van der Waals surface area contributed by atoms with Crippen molar-refractivity contribution in [3.8, 4) is 0 Å². The minimum Gasteiger partial charge on any atom is -0.462 e. The Morgan fingerprint density at radius 2 is 2.08 bits per heavy atom. The number of benzene rings is 2. The predicted molar refractivity (Wildman–Crippen MR) is 96.3 cm³/mol. The third kappa shape index (κ3) is 3.52. The molecule has 1 N–H and O–H groups in total. The van der Waals surface area contributed by atoms with Gasteiger partial charge in [0.05, 0.1) is 31.2 Å². The molecule has 1 aromatic heterocycles. The molecule has 1 atom stereocenters. The number of furan rings is 1. The smallest absolute Gasteiger partial charge is 0.157 e. The molecule has 25 heavy (non-hydrogen) atoms. The normalized spacial score (nSPS) is 18.0. The number of ether oxygens (including phenoxy) is 1. The lowest BCUT2D eigenvalue weighted by atomic mass is 10.1. The van der Waals surface area contributed by atoms with Crippen LogP contribution in [0.2, 0.25) is 0 Å². The first-order chi connectivity index (χ1) is 12.3. The van der Waals surface area contributed by atoms with E-state index in [4.69, 9.17) is 9.15 Å². The van der Waals surface area contributed by atoms with E-state index in [0.717, 1.165) is 41.9 Å². The number of hydrogen-bond acceptors (Lipinski definition) is 4. The molecule has 0 saturated carbocycles. The number of rotatable bonds is 5. The summed E-state index contributed by atoms with van der Waals surface area (Å²) in [6.45, 7) is 3.59. The highest BCUT2D eigenvalue weighted by Gasteiger charge is 2.25. The minimum atomic E-state index is -0.244. The van der Waals surface area contributed by atoms with Crippen LogP contribution in [0.4, 0.5) is 10.1 Å². The fourth-order valence-corrected chi connectivity index (χ4v) is 3.35. The van der Waals surface area contributed by atoms with Gasteiger partial charge in [0.2, 0.25) is 0 Å². The second-order valence-corrected chi connectivity index (χ2v) is 6.32. The second kappa shape index (κ2) is 7.25. The third-order valence-electron chi connectivity index (χ3n) is 4.58. The number of halogens is 1. The molecule has 130 valence electrons. The van der Waals surface area contributed by atoms with E-state index in [9.17, 15) is 4.39 Å². The lowest BCUT2D eigenvalue weighted by Crippen LogP contribution is -2.53. The van der Waals surface area contributed by atoms with E-state index in [1.54, 1.807) is 18.4 Å². The van der Waals surface area contributed by atoms with Crippen molar-refractivity contribution < 1.29 is 13.5 Å². The maximum Gasteiger partial charge on any atom is 0.157 e. The van der Waals surface area contributed by atoms with E-state index in [1.165, 1.54) is 6.07 Å². The molecule has 1 aliphatic heterocycles. The van der Waals surface area contributed by atoms with E-state index in [2.05, 4.69) is 22.3 Å². The van der Waals surface area contributed by atoms with Gasteiger partial charge < -0.3 is 19.4 Å². The first-order valence-electron chi connectivity index (χ1n) is 8.57. The number of fused-ring (bicyclic) bond motifs is 1. The van der Waals surface area contributed by atoms with Gasteiger partial charge in [0.25, 0.3) is 0 Å². The van der Waals surface area contributed by atoms with Crippen LogP contribution in [0, 0.1) is 5.82 Å². The molecule has 0 spiro atoms. The molecule has 0 amide bonds. The lowest BCUT2D eigenvalue weighted by molar-refractivity contribution is 0.102. The fraction of sp³-hybridized carbons (Fsp3) is 0.300. The van der Waals surface area contributed by atoms with Crippen molar-refractivity contribution in [2.24, 2.45) is 0 Å². The van der Waals surface area contributed by atoms with Gasteiger partial charge in [-0.25, -0.2) is 4.39 Å². The lowest BCUT2D eigenvalue weighted by Gasteiger charge is -2.37. The summed E-state index contributed by atoms with van der Waals surface area (Å²) in [4.78, 5) is 2.19. The van der Waals surface area contributed by atoms with Crippen LogP contribution < -0.4 is 10.2 Å². The Morgan fingerprint density at radius 3 is 2.96 bits per heavy atom. The van der Waals surface area contributed by atoms with Crippen LogP contribution >= 0.6 is 0 Å². The molecule has 0 radical (unpaired) electrons. The molecule has 2 heterocycles. The molecule has 1 saturated heterocycles. The molecule has 3 aromatic rings. The van der Waals surface area contributed by atoms with Gasteiger partial charge in [0, 0.05) is 31.1 Å². The number of anilines is 1. The van der Waals surface area contributed by atoms with Gasteiger partial charge >= 0.3 is 0 Å².